The molecular weight excluding hydrogens is 444 g/mol. The van der Waals surface area contributed by atoms with E-state index in [1.807, 2.05) is 23.8 Å². The molecule has 0 aliphatic heterocycles. The van der Waals surface area contributed by atoms with Crippen LogP contribution in [0.3, 0.4) is 0 Å². The summed E-state index contributed by atoms with van der Waals surface area (Å²) in [5, 5.41) is 14.2. The maximum Gasteiger partial charge on any atom is 0.338 e. The highest BCUT2D eigenvalue weighted by Crippen LogP contribution is 2.20. The van der Waals surface area contributed by atoms with Crippen LogP contribution in [-0.2, 0) is 9.53 Å². The van der Waals surface area contributed by atoms with E-state index < -0.39 is 18.5 Å². The van der Waals surface area contributed by atoms with Crippen LogP contribution in [0, 0.1) is 6.92 Å². The van der Waals surface area contributed by atoms with E-state index in [1.165, 1.54) is 22.5 Å². The summed E-state index contributed by atoms with van der Waals surface area (Å²) in [6.45, 7) is 1.34. The zero-order valence-corrected chi connectivity index (χ0v) is 18.6. The number of nitrogens with one attached hydrogen (secondary N) is 2. The van der Waals surface area contributed by atoms with E-state index in [2.05, 4.69) is 20.6 Å². The van der Waals surface area contributed by atoms with Crippen LogP contribution in [-0.4, -0.2) is 49.3 Å². The van der Waals surface area contributed by atoms with E-state index in [4.69, 9.17) is 4.74 Å². The Kier molecular flexibility index (Phi) is 6.41. The third-order valence-electron chi connectivity index (χ3n) is 4.68. The van der Waals surface area contributed by atoms with Crippen molar-refractivity contribution >= 4 is 29.5 Å². The van der Waals surface area contributed by atoms with Gasteiger partial charge in [-0.05, 0) is 49.6 Å². The minimum atomic E-state index is -0.641. The van der Waals surface area contributed by atoms with Gasteiger partial charge in [0.15, 0.2) is 11.8 Å². The molecule has 0 saturated heterocycles. The number of H-pyrrole nitrogens is 1. The summed E-state index contributed by atoms with van der Waals surface area (Å²) < 4.78 is 8.26. The molecule has 2 aromatic carbocycles. The topological polar surface area (TPSA) is 124 Å². The van der Waals surface area contributed by atoms with Gasteiger partial charge in [-0.2, -0.15) is 0 Å². The second kappa shape index (κ2) is 9.57. The maximum absolute atomic E-state index is 12.3. The molecule has 4 aromatic rings. The molecule has 2 aromatic heterocycles. The summed E-state index contributed by atoms with van der Waals surface area (Å²) in [4.78, 5) is 36.6. The number of aryl methyl sites for hydroxylation is 1. The molecule has 4 rings (SSSR count). The minimum Gasteiger partial charge on any atom is -0.452 e. The molecule has 33 heavy (non-hydrogen) atoms. The molecule has 168 valence electrons. The van der Waals surface area contributed by atoms with Crippen LogP contribution in [0.2, 0.25) is 0 Å². The number of aromatic nitrogens is 5. The summed E-state index contributed by atoms with van der Waals surface area (Å²) in [5.74, 6) is -0.294. The van der Waals surface area contributed by atoms with Crippen LogP contribution in [0.4, 0.5) is 5.82 Å². The molecule has 2 heterocycles. The molecule has 0 bridgehead atoms. The molecule has 2 N–H and O–H groups in total. The van der Waals surface area contributed by atoms with E-state index in [0.717, 1.165) is 16.7 Å². The Morgan fingerprint density at radius 1 is 1.06 bits per heavy atom. The number of carbonyl (C=O) groups is 2. The Morgan fingerprint density at radius 3 is 2.48 bits per heavy atom. The summed E-state index contributed by atoms with van der Waals surface area (Å²) >= 11 is 1.46. The number of carbonyl (C=O) groups excluding carboxylic acids is 2. The number of anilines is 1. The van der Waals surface area contributed by atoms with Crippen molar-refractivity contribution in [3.63, 3.8) is 0 Å². The van der Waals surface area contributed by atoms with Crippen LogP contribution >= 0.6 is 11.8 Å². The predicted octanol–water partition coefficient (Wildman–Crippen LogP) is 2.57. The molecule has 11 heteroatoms. The second-order valence-electron chi connectivity index (χ2n) is 6.92. The zero-order valence-electron chi connectivity index (χ0n) is 17.8. The largest absolute Gasteiger partial charge is 0.452 e. The number of esters is 1. The van der Waals surface area contributed by atoms with Gasteiger partial charge in [-0.3, -0.25) is 19.3 Å². The number of benzene rings is 2. The van der Waals surface area contributed by atoms with E-state index in [1.54, 1.807) is 48.5 Å². The van der Waals surface area contributed by atoms with Crippen molar-refractivity contribution in [2.75, 3.05) is 18.2 Å². The van der Waals surface area contributed by atoms with Gasteiger partial charge in [0.05, 0.1) is 11.3 Å². The molecule has 0 fully saturated rings. The number of thioether (sulfide) groups is 1. The van der Waals surface area contributed by atoms with Crippen molar-refractivity contribution < 1.29 is 14.3 Å². The molecular formula is C22H20N6O4S. The average molecular weight is 465 g/mol. The fraction of sp³-hybridized carbons (Fsp3) is 0.136. The fourth-order valence-electron chi connectivity index (χ4n) is 3.15. The van der Waals surface area contributed by atoms with Crippen molar-refractivity contribution in [1.82, 2.24) is 24.5 Å². The highest BCUT2D eigenvalue weighted by Gasteiger charge is 2.14. The van der Waals surface area contributed by atoms with Gasteiger partial charge in [0.25, 0.3) is 11.5 Å². The third-order valence-corrected chi connectivity index (χ3v) is 5.31. The van der Waals surface area contributed by atoms with Gasteiger partial charge in [0, 0.05) is 11.8 Å². The molecule has 1 amide bonds. The average Bonchev–Trinajstić information content (AvgIpc) is 3.39. The van der Waals surface area contributed by atoms with E-state index in [-0.39, 0.29) is 11.4 Å². The first-order chi connectivity index (χ1) is 16.0. The van der Waals surface area contributed by atoms with Crippen LogP contribution in [0.15, 0.2) is 70.6 Å². The molecule has 0 aliphatic rings. The van der Waals surface area contributed by atoms with Gasteiger partial charge in [-0.1, -0.05) is 30.0 Å². The molecule has 0 atom stereocenters. The summed E-state index contributed by atoms with van der Waals surface area (Å²) in [6, 6.07) is 16.9. The van der Waals surface area contributed by atoms with Crippen molar-refractivity contribution in [3.05, 3.63) is 82.4 Å². The third kappa shape index (κ3) is 4.88. The maximum atomic E-state index is 12.3. The van der Waals surface area contributed by atoms with Gasteiger partial charge >= 0.3 is 5.97 Å². The van der Waals surface area contributed by atoms with Gasteiger partial charge in [0.1, 0.15) is 11.6 Å². The molecule has 0 radical (unpaired) electrons. The quantitative estimate of drug-likeness (QED) is 0.318. The Morgan fingerprint density at radius 2 is 1.79 bits per heavy atom. The van der Waals surface area contributed by atoms with E-state index in [0.29, 0.717) is 11.3 Å². The number of para-hydroxylation sites is 1. The molecule has 0 unspecified atom stereocenters. The molecule has 10 nitrogen and oxygen atoms in total. The standard InChI is InChI=1S/C22H20N6O4S/c1-14-24-25-22(33-2)27(14)16-10-8-15(9-11-16)21(31)32-13-19(29)23-18-12-20(30)28(26-18)17-6-4-3-5-7-17/h3-12,26H,13H2,1-2H3,(H,23,29). The first-order valence-electron chi connectivity index (χ1n) is 9.87. The number of nitrogens with zero attached hydrogens (tertiary/aromatic N) is 4. The van der Waals surface area contributed by atoms with Crippen LogP contribution < -0.4 is 10.9 Å². The number of rotatable bonds is 7. The van der Waals surface area contributed by atoms with Crippen LogP contribution in [0.5, 0.6) is 0 Å². The molecule has 0 saturated carbocycles. The van der Waals surface area contributed by atoms with Gasteiger partial charge in [-0.25, -0.2) is 9.48 Å². The Balaban J connectivity index is 1.36. The number of amides is 1. The summed E-state index contributed by atoms with van der Waals surface area (Å²) in [6.07, 6.45) is 1.91. The molecule has 0 aliphatic carbocycles. The van der Waals surface area contributed by atoms with Gasteiger partial charge in [-0.15, -0.1) is 10.2 Å². The zero-order chi connectivity index (χ0) is 23.4. The lowest BCUT2D eigenvalue weighted by molar-refractivity contribution is -0.119. The van der Waals surface area contributed by atoms with E-state index in [9.17, 15) is 14.4 Å². The van der Waals surface area contributed by atoms with Crippen molar-refractivity contribution in [2.45, 2.75) is 12.1 Å². The van der Waals surface area contributed by atoms with E-state index >= 15 is 0 Å². The van der Waals surface area contributed by atoms with Gasteiger partial charge < -0.3 is 10.1 Å². The van der Waals surface area contributed by atoms with Crippen molar-refractivity contribution in [1.29, 1.82) is 0 Å². The monoisotopic (exact) mass is 464 g/mol. The second-order valence-corrected chi connectivity index (χ2v) is 7.69. The number of hydrogen-bond donors (Lipinski definition) is 2. The minimum absolute atomic E-state index is 0.197. The van der Waals surface area contributed by atoms with Gasteiger partial charge in [0.2, 0.25) is 0 Å². The fourth-order valence-corrected chi connectivity index (χ4v) is 3.69. The lowest BCUT2D eigenvalue weighted by Crippen LogP contribution is -2.21. The van der Waals surface area contributed by atoms with Crippen LogP contribution in [0.25, 0.3) is 11.4 Å². The normalized spacial score (nSPS) is 10.7. The highest BCUT2D eigenvalue weighted by atomic mass is 32.2. The number of ether oxygens (including phenoxy) is 1. The first-order valence-corrected chi connectivity index (χ1v) is 11.1. The molecule has 0 spiro atoms. The number of aromatic amines is 1. The smallest absolute Gasteiger partial charge is 0.338 e. The Bertz CT molecular complexity index is 1340. The van der Waals surface area contributed by atoms with Crippen molar-refractivity contribution in [2.24, 2.45) is 0 Å². The van der Waals surface area contributed by atoms with Crippen molar-refractivity contribution in [3.8, 4) is 11.4 Å². The SMILES string of the molecule is CSc1nnc(C)n1-c1ccc(C(=O)OCC(=O)Nc2cc(=O)n(-c3ccccc3)[nH]2)cc1. The summed E-state index contributed by atoms with van der Waals surface area (Å²) in [5.41, 5.74) is 1.40. The Labute approximate surface area is 192 Å². The summed E-state index contributed by atoms with van der Waals surface area (Å²) in [7, 11) is 0. The lowest BCUT2D eigenvalue weighted by atomic mass is 10.2. The van der Waals surface area contributed by atoms with Crippen LogP contribution in [0.1, 0.15) is 16.2 Å². The number of hydrogen-bond acceptors (Lipinski definition) is 7. The predicted molar refractivity (Wildman–Crippen MR) is 123 cm³/mol. The first kappa shape index (κ1) is 22.1. The highest BCUT2D eigenvalue weighted by molar-refractivity contribution is 7.98. The Hall–Kier alpha value is -4.12. The lowest BCUT2D eigenvalue weighted by Gasteiger charge is -2.09.